The van der Waals surface area contributed by atoms with Crippen molar-refractivity contribution in [1.82, 2.24) is 10.6 Å². The summed E-state index contributed by atoms with van der Waals surface area (Å²) in [5.74, 6) is 1.58. The van der Waals surface area contributed by atoms with Crippen molar-refractivity contribution in [2.75, 3.05) is 32.1 Å². The molecule has 27 heavy (non-hydrogen) atoms. The first-order valence-electron chi connectivity index (χ1n) is 8.60. The summed E-state index contributed by atoms with van der Waals surface area (Å²) in [6, 6.07) is 7.04. The third-order valence-corrected chi connectivity index (χ3v) is 4.35. The molecular weight excluding hydrogens is 350 g/mol. The topological polar surface area (TPSA) is 111 Å². The number of terminal acetylenes is 1. The Morgan fingerprint density at radius 1 is 1.15 bits per heavy atom. The number of carbonyl (C=O) groups is 2. The predicted molar refractivity (Wildman–Crippen MR) is 100 cm³/mol. The van der Waals surface area contributed by atoms with E-state index >= 15 is 0 Å². The standard InChI is InChI=1S/C19H25N3O5/c1-4-9-20-16(23)10-14-17(24)18(25)15(27-14)11-21-19(26)12-5-7-13(8-6-12)22(2)3/h1,5-8,14-15,17-18,24-25H,9-11H2,2-3H3,(H,20,23)(H,21,26). The van der Waals surface area contributed by atoms with Crippen molar-refractivity contribution >= 4 is 17.5 Å². The molecule has 4 unspecified atom stereocenters. The van der Waals surface area contributed by atoms with Gasteiger partial charge in [0.2, 0.25) is 5.91 Å². The van der Waals surface area contributed by atoms with Gasteiger partial charge in [0.1, 0.15) is 18.3 Å². The summed E-state index contributed by atoms with van der Waals surface area (Å²) >= 11 is 0. The van der Waals surface area contributed by atoms with Gasteiger partial charge in [-0.15, -0.1) is 6.42 Å². The Hall–Kier alpha value is -2.60. The van der Waals surface area contributed by atoms with Gasteiger partial charge in [0.15, 0.2) is 0 Å². The molecule has 146 valence electrons. The number of carbonyl (C=O) groups excluding carboxylic acids is 2. The van der Waals surface area contributed by atoms with Gasteiger partial charge < -0.3 is 30.5 Å². The van der Waals surface area contributed by atoms with E-state index in [2.05, 4.69) is 16.6 Å². The van der Waals surface area contributed by atoms with Gasteiger partial charge >= 0.3 is 0 Å². The van der Waals surface area contributed by atoms with Crippen LogP contribution < -0.4 is 15.5 Å². The smallest absolute Gasteiger partial charge is 0.251 e. The Morgan fingerprint density at radius 2 is 1.78 bits per heavy atom. The van der Waals surface area contributed by atoms with Crippen LogP contribution in [0.1, 0.15) is 16.8 Å². The highest BCUT2D eigenvalue weighted by Gasteiger charge is 2.43. The Balaban J connectivity index is 1.87. The van der Waals surface area contributed by atoms with Crippen molar-refractivity contribution in [3.8, 4) is 12.3 Å². The van der Waals surface area contributed by atoms with E-state index in [0.29, 0.717) is 5.56 Å². The Bertz CT molecular complexity index is 698. The lowest BCUT2D eigenvalue weighted by Crippen LogP contribution is -2.40. The van der Waals surface area contributed by atoms with E-state index in [4.69, 9.17) is 11.2 Å². The van der Waals surface area contributed by atoms with Gasteiger partial charge in [0.05, 0.1) is 19.1 Å². The molecule has 1 heterocycles. The van der Waals surface area contributed by atoms with Crippen molar-refractivity contribution in [2.45, 2.75) is 30.8 Å². The van der Waals surface area contributed by atoms with Gasteiger partial charge in [-0.2, -0.15) is 0 Å². The second-order valence-electron chi connectivity index (χ2n) is 6.53. The molecule has 0 spiro atoms. The monoisotopic (exact) mass is 375 g/mol. The molecule has 2 rings (SSSR count). The Kier molecular flexibility index (Phi) is 7.19. The van der Waals surface area contributed by atoms with Crippen molar-refractivity contribution < 1.29 is 24.5 Å². The number of aliphatic hydroxyl groups is 2. The zero-order chi connectivity index (χ0) is 20.0. The minimum absolute atomic E-state index is 0.00890. The van der Waals surface area contributed by atoms with Crippen LogP contribution >= 0.6 is 0 Å². The average molecular weight is 375 g/mol. The molecule has 0 saturated carbocycles. The zero-order valence-electron chi connectivity index (χ0n) is 15.4. The Labute approximate surface area is 158 Å². The van der Waals surface area contributed by atoms with Gasteiger partial charge in [0, 0.05) is 31.9 Å². The maximum Gasteiger partial charge on any atom is 0.251 e. The molecule has 1 aliphatic heterocycles. The van der Waals surface area contributed by atoms with Crippen LogP contribution in [0.5, 0.6) is 0 Å². The lowest BCUT2D eigenvalue weighted by Gasteiger charge is -2.16. The highest BCUT2D eigenvalue weighted by Crippen LogP contribution is 2.23. The average Bonchev–Trinajstić information content (AvgIpc) is 2.92. The van der Waals surface area contributed by atoms with Gasteiger partial charge in [-0.25, -0.2) is 0 Å². The molecule has 0 bridgehead atoms. The zero-order valence-corrected chi connectivity index (χ0v) is 15.4. The van der Waals surface area contributed by atoms with E-state index in [9.17, 15) is 19.8 Å². The fourth-order valence-corrected chi connectivity index (χ4v) is 2.77. The fourth-order valence-electron chi connectivity index (χ4n) is 2.77. The number of anilines is 1. The number of amides is 2. The van der Waals surface area contributed by atoms with Crippen LogP contribution in [0.15, 0.2) is 24.3 Å². The maximum absolute atomic E-state index is 12.2. The summed E-state index contributed by atoms with van der Waals surface area (Å²) in [4.78, 5) is 25.9. The highest BCUT2D eigenvalue weighted by atomic mass is 16.5. The van der Waals surface area contributed by atoms with Crippen molar-refractivity contribution in [1.29, 1.82) is 0 Å². The second kappa shape index (κ2) is 9.37. The number of nitrogens with zero attached hydrogens (tertiary/aromatic N) is 1. The van der Waals surface area contributed by atoms with Gasteiger partial charge in [-0.1, -0.05) is 5.92 Å². The van der Waals surface area contributed by atoms with Crippen molar-refractivity contribution in [2.24, 2.45) is 0 Å². The third-order valence-electron chi connectivity index (χ3n) is 4.35. The minimum Gasteiger partial charge on any atom is -0.388 e. The number of nitrogens with one attached hydrogen (secondary N) is 2. The minimum atomic E-state index is -1.22. The molecule has 1 aromatic rings. The normalized spacial score (nSPS) is 24.1. The van der Waals surface area contributed by atoms with Crippen LogP contribution in [0.3, 0.4) is 0 Å². The molecule has 8 heteroatoms. The Morgan fingerprint density at radius 3 is 2.37 bits per heavy atom. The van der Waals surface area contributed by atoms with Crippen LogP contribution in [0.25, 0.3) is 0 Å². The van der Waals surface area contributed by atoms with Gasteiger partial charge in [-0.05, 0) is 24.3 Å². The largest absolute Gasteiger partial charge is 0.388 e. The summed E-state index contributed by atoms with van der Waals surface area (Å²) in [7, 11) is 3.81. The molecule has 4 N–H and O–H groups in total. The summed E-state index contributed by atoms with van der Waals surface area (Å²) in [6.45, 7) is 0.0886. The molecule has 0 aliphatic carbocycles. The van der Waals surface area contributed by atoms with Crippen LogP contribution in [-0.4, -0.2) is 73.6 Å². The van der Waals surface area contributed by atoms with Gasteiger partial charge in [0.25, 0.3) is 5.91 Å². The first-order chi connectivity index (χ1) is 12.8. The van der Waals surface area contributed by atoms with Crippen molar-refractivity contribution in [3.05, 3.63) is 29.8 Å². The fraction of sp³-hybridized carbons (Fsp3) is 0.474. The first-order valence-corrected chi connectivity index (χ1v) is 8.60. The summed E-state index contributed by atoms with van der Waals surface area (Å²) < 4.78 is 5.54. The van der Waals surface area contributed by atoms with Crippen molar-refractivity contribution in [3.63, 3.8) is 0 Å². The number of ether oxygens (including phenoxy) is 1. The SMILES string of the molecule is C#CCNC(=O)CC1OC(CNC(=O)c2ccc(N(C)C)cc2)C(O)C1O. The van der Waals surface area contributed by atoms with Crippen LogP contribution in [-0.2, 0) is 9.53 Å². The van der Waals surface area contributed by atoms with E-state index in [1.165, 1.54) is 0 Å². The first kappa shape index (κ1) is 20.7. The van der Waals surface area contributed by atoms with Gasteiger partial charge in [-0.3, -0.25) is 9.59 Å². The number of rotatable bonds is 7. The highest BCUT2D eigenvalue weighted by molar-refractivity contribution is 5.94. The quantitative estimate of drug-likeness (QED) is 0.460. The predicted octanol–water partition coefficient (Wildman–Crippen LogP) is -0.889. The molecule has 1 saturated heterocycles. The van der Waals surface area contributed by atoms with Crippen LogP contribution in [0, 0.1) is 12.3 Å². The van der Waals surface area contributed by atoms with E-state index in [-0.39, 0.29) is 31.3 Å². The number of hydrogen-bond donors (Lipinski definition) is 4. The van der Waals surface area contributed by atoms with E-state index < -0.39 is 24.4 Å². The molecule has 1 fully saturated rings. The van der Waals surface area contributed by atoms with Crippen LogP contribution in [0.2, 0.25) is 0 Å². The lowest BCUT2D eigenvalue weighted by atomic mass is 10.1. The number of aliphatic hydroxyl groups excluding tert-OH is 2. The molecule has 1 aromatic carbocycles. The lowest BCUT2D eigenvalue weighted by molar-refractivity contribution is -0.124. The molecule has 4 atom stereocenters. The van der Waals surface area contributed by atoms with Crippen LogP contribution in [0.4, 0.5) is 5.69 Å². The van der Waals surface area contributed by atoms with E-state index in [1.54, 1.807) is 12.1 Å². The van der Waals surface area contributed by atoms with E-state index in [1.807, 2.05) is 31.1 Å². The summed E-state index contributed by atoms with van der Waals surface area (Å²) in [5, 5.41) is 25.3. The number of hydrogen-bond acceptors (Lipinski definition) is 6. The molecule has 2 amide bonds. The summed E-state index contributed by atoms with van der Waals surface area (Å²) in [5.41, 5.74) is 1.44. The number of benzene rings is 1. The third kappa shape index (κ3) is 5.44. The maximum atomic E-state index is 12.2. The summed E-state index contributed by atoms with van der Waals surface area (Å²) in [6.07, 6.45) is 0.845. The second-order valence-corrected chi connectivity index (χ2v) is 6.53. The molecule has 0 radical (unpaired) electrons. The molecule has 8 nitrogen and oxygen atoms in total. The molecule has 1 aliphatic rings. The molecule has 0 aromatic heterocycles. The van der Waals surface area contributed by atoms with E-state index in [0.717, 1.165) is 5.69 Å². The molecular formula is C19H25N3O5.